The summed E-state index contributed by atoms with van der Waals surface area (Å²) in [6, 6.07) is 22.0. The van der Waals surface area contributed by atoms with Crippen LogP contribution in [-0.2, 0) is 12.8 Å². The van der Waals surface area contributed by atoms with Gasteiger partial charge in [0.25, 0.3) is 0 Å². The Bertz CT molecular complexity index is 714. The molecule has 3 rings (SSSR count). The van der Waals surface area contributed by atoms with Crippen molar-refractivity contribution in [1.82, 2.24) is 9.55 Å². The van der Waals surface area contributed by atoms with E-state index in [2.05, 4.69) is 90.3 Å². The number of aromatic nitrogens is 2. The summed E-state index contributed by atoms with van der Waals surface area (Å²) in [6.07, 6.45) is 6.00. The van der Waals surface area contributed by atoms with Crippen LogP contribution in [0.3, 0.4) is 0 Å². The van der Waals surface area contributed by atoms with Gasteiger partial charge in [-0.2, -0.15) is 0 Å². The Kier molecular flexibility index (Phi) is 4.92. The number of imidazole rings is 1. The van der Waals surface area contributed by atoms with E-state index in [-0.39, 0.29) is 0 Å². The molecule has 23 heavy (non-hydrogen) atoms. The van der Waals surface area contributed by atoms with Gasteiger partial charge in [0.05, 0.1) is 0 Å². The van der Waals surface area contributed by atoms with Crippen molar-refractivity contribution in [2.75, 3.05) is 0 Å². The van der Waals surface area contributed by atoms with Gasteiger partial charge in [0, 0.05) is 24.9 Å². The van der Waals surface area contributed by atoms with Gasteiger partial charge in [0.15, 0.2) is 0 Å². The van der Waals surface area contributed by atoms with Crippen LogP contribution in [0, 0.1) is 0 Å². The van der Waals surface area contributed by atoms with E-state index in [9.17, 15) is 0 Å². The summed E-state index contributed by atoms with van der Waals surface area (Å²) >= 11 is 0. The molecule has 0 aliphatic rings. The molecule has 0 amide bonds. The van der Waals surface area contributed by atoms with E-state index in [1.165, 1.54) is 17.0 Å². The third-order valence-electron chi connectivity index (χ3n) is 4.33. The highest BCUT2D eigenvalue weighted by atomic mass is 15.1. The van der Waals surface area contributed by atoms with Crippen LogP contribution in [-0.4, -0.2) is 9.55 Å². The molecule has 0 bridgehead atoms. The second-order valence-corrected chi connectivity index (χ2v) is 6.35. The predicted molar refractivity (Wildman–Crippen MR) is 95.6 cm³/mol. The number of hydrogen-bond donors (Lipinski definition) is 0. The van der Waals surface area contributed by atoms with E-state index in [1.807, 2.05) is 6.20 Å². The normalized spacial score (nSPS) is 12.5. The number of rotatable bonds is 6. The monoisotopic (exact) mass is 304 g/mol. The first-order chi connectivity index (χ1) is 11.2. The summed E-state index contributed by atoms with van der Waals surface area (Å²) in [5.41, 5.74) is 2.76. The molecule has 0 radical (unpaired) electrons. The first kappa shape index (κ1) is 15.5. The van der Waals surface area contributed by atoms with Gasteiger partial charge < -0.3 is 4.57 Å². The van der Waals surface area contributed by atoms with Crippen molar-refractivity contribution in [3.63, 3.8) is 0 Å². The van der Waals surface area contributed by atoms with Crippen molar-refractivity contribution < 1.29 is 0 Å². The van der Waals surface area contributed by atoms with E-state index >= 15 is 0 Å². The first-order valence-corrected chi connectivity index (χ1v) is 8.34. The molecule has 1 heterocycles. The van der Waals surface area contributed by atoms with Crippen molar-refractivity contribution in [2.45, 2.75) is 38.6 Å². The van der Waals surface area contributed by atoms with Crippen LogP contribution < -0.4 is 0 Å². The summed E-state index contributed by atoms with van der Waals surface area (Å²) in [7, 11) is 0. The molecule has 3 aromatic rings. The van der Waals surface area contributed by atoms with Crippen LogP contribution in [0.5, 0.6) is 0 Å². The molecule has 118 valence electrons. The maximum absolute atomic E-state index is 4.61. The van der Waals surface area contributed by atoms with E-state index in [0.717, 1.165) is 12.8 Å². The highest BCUT2D eigenvalue weighted by Gasteiger charge is 2.17. The molecule has 1 aromatic heterocycles. The van der Waals surface area contributed by atoms with Gasteiger partial charge >= 0.3 is 0 Å². The Balaban J connectivity index is 1.88. The van der Waals surface area contributed by atoms with Gasteiger partial charge in [-0.25, -0.2) is 4.98 Å². The number of nitrogens with zero attached hydrogens (tertiary/aromatic N) is 2. The molecule has 0 saturated heterocycles. The molecule has 0 spiro atoms. The highest BCUT2D eigenvalue weighted by molar-refractivity contribution is 5.25. The molecular weight excluding hydrogens is 280 g/mol. The van der Waals surface area contributed by atoms with Crippen molar-refractivity contribution in [1.29, 1.82) is 0 Å². The fraction of sp³-hybridized carbons (Fsp3) is 0.286. The van der Waals surface area contributed by atoms with Crippen molar-refractivity contribution in [3.05, 3.63) is 90.0 Å². The lowest BCUT2D eigenvalue weighted by molar-refractivity contribution is 0.541. The Morgan fingerprint density at radius 3 is 2.17 bits per heavy atom. The Morgan fingerprint density at radius 2 is 1.52 bits per heavy atom. The maximum Gasteiger partial charge on any atom is 0.109 e. The Hall–Kier alpha value is -2.35. The summed E-state index contributed by atoms with van der Waals surface area (Å²) in [5.74, 6) is 1.61. The minimum atomic E-state index is 0.443. The van der Waals surface area contributed by atoms with Crippen LogP contribution >= 0.6 is 0 Å². The van der Waals surface area contributed by atoms with Gasteiger partial charge in [-0.15, -0.1) is 0 Å². The molecular formula is C21H24N2. The van der Waals surface area contributed by atoms with Gasteiger partial charge in [-0.3, -0.25) is 0 Å². The third-order valence-corrected chi connectivity index (χ3v) is 4.33. The number of benzene rings is 2. The molecule has 2 heteroatoms. The summed E-state index contributed by atoms with van der Waals surface area (Å²) < 4.78 is 2.28. The molecule has 0 aliphatic carbocycles. The van der Waals surface area contributed by atoms with Gasteiger partial charge in [0.2, 0.25) is 0 Å². The molecule has 2 nitrogen and oxygen atoms in total. The standard InChI is InChI=1S/C21H24N2/c1-17(2)23-14-13-22-21(23)16-20(19-11-7-4-8-12-19)15-18-9-5-3-6-10-18/h3-14,17,20H,15-16H2,1-2H3. The van der Waals surface area contributed by atoms with Crippen LogP contribution in [0.2, 0.25) is 0 Å². The first-order valence-electron chi connectivity index (χ1n) is 8.34. The fourth-order valence-corrected chi connectivity index (χ4v) is 3.12. The zero-order valence-electron chi connectivity index (χ0n) is 13.9. The molecule has 1 unspecified atom stereocenters. The second-order valence-electron chi connectivity index (χ2n) is 6.35. The Labute approximate surface area is 138 Å². The highest BCUT2D eigenvalue weighted by Crippen LogP contribution is 2.25. The quantitative estimate of drug-likeness (QED) is 0.624. The van der Waals surface area contributed by atoms with E-state index < -0.39 is 0 Å². The molecule has 0 N–H and O–H groups in total. The van der Waals surface area contributed by atoms with Gasteiger partial charge in [-0.1, -0.05) is 60.7 Å². The van der Waals surface area contributed by atoms with Crippen molar-refractivity contribution >= 4 is 0 Å². The fourth-order valence-electron chi connectivity index (χ4n) is 3.12. The molecule has 0 saturated carbocycles. The SMILES string of the molecule is CC(C)n1ccnc1CC(Cc1ccccc1)c1ccccc1. The van der Waals surface area contributed by atoms with Gasteiger partial charge in [0.1, 0.15) is 5.82 Å². The zero-order chi connectivity index (χ0) is 16.1. The van der Waals surface area contributed by atoms with Crippen LogP contribution in [0.4, 0.5) is 0 Å². The van der Waals surface area contributed by atoms with Crippen LogP contribution in [0.25, 0.3) is 0 Å². The largest absolute Gasteiger partial charge is 0.332 e. The molecule has 1 atom stereocenters. The van der Waals surface area contributed by atoms with Crippen LogP contribution in [0.1, 0.15) is 42.8 Å². The lowest BCUT2D eigenvalue weighted by Gasteiger charge is -2.19. The molecule has 2 aromatic carbocycles. The topological polar surface area (TPSA) is 17.8 Å². The smallest absolute Gasteiger partial charge is 0.109 e. The van der Waals surface area contributed by atoms with E-state index in [4.69, 9.17) is 0 Å². The zero-order valence-corrected chi connectivity index (χ0v) is 13.9. The summed E-state index contributed by atoms with van der Waals surface area (Å²) in [6.45, 7) is 4.42. The summed E-state index contributed by atoms with van der Waals surface area (Å²) in [5, 5.41) is 0. The van der Waals surface area contributed by atoms with Crippen molar-refractivity contribution in [3.8, 4) is 0 Å². The molecule has 0 aliphatic heterocycles. The average molecular weight is 304 g/mol. The molecule has 0 fully saturated rings. The average Bonchev–Trinajstić information content (AvgIpc) is 3.04. The van der Waals surface area contributed by atoms with E-state index in [0.29, 0.717) is 12.0 Å². The number of hydrogen-bond acceptors (Lipinski definition) is 1. The lowest BCUT2D eigenvalue weighted by Crippen LogP contribution is -2.12. The minimum absolute atomic E-state index is 0.443. The Morgan fingerprint density at radius 1 is 0.870 bits per heavy atom. The van der Waals surface area contributed by atoms with E-state index in [1.54, 1.807) is 0 Å². The second kappa shape index (κ2) is 7.28. The maximum atomic E-state index is 4.61. The van der Waals surface area contributed by atoms with Gasteiger partial charge in [-0.05, 0) is 37.3 Å². The van der Waals surface area contributed by atoms with Crippen LogP contribution in [0.15, 0.2) is 73.1 Å². The minimum Gasteiger partial charge on any atom is -0.332 e. The van der Waals surface area contributed by atoms with Crippen molar-refractivity contribution in [2.24, 2.45) is 0 Å². The predicted octanol–water partition coefficient (Wildman–Crippen LogP) is 5.03. The summed E-state index contributed by atoms with van der Waals surface area (Å²) in [4.78, 5) is 4.61. The third kappa shape index (κ3) is 3.89. The lowest BCUT2D eigenvalue weighted by atomic mass is 9.89.